The number of hydrogen-bond acceptors (Lipinski definition) is 2. The van der Waals surface area contributed by atoms with Crippen LogP contribution in [0.5, 0.6) is 0 Å². The molecule has 3 nitrogen and oxygen atoms in total. The Labute approximate surface area is 114 Å². The Morgan fingerprint density at radius 1 is 1.26 bits per heavy atom. The number of carbonyl (C=O) groups is 2. The van der Waals surface area contributed by atoms with Crippen LogP contribution in [-0.2, 0) is 16.0 Å². The van der Waals surface area contributed by atoms with Crippen molar-refractivity contribution in [1.82, 2.24) is 4.90 Å². The van der Waals surface area contributed by atoms with Gasteiger partial charge < -0.3 is 4.90 Å². The minimum atomic E-state index is -0.653. The van der Waals surface area contributed by atoms with Crippen molar-refractivity contribution in [1.29, 1.82) is 0 Å². The molecule has 1 aliphatic rings. The molecular formula is C16H21NO2. The molecule has 1 aromatic carbocycles. The Hall–Kier alpha value is -1.64. The van der Waals surface area contributed by atoms with Crippen molar-refractivity contribution in [3.05, 3.63) is 35.4 Å². The Bertz CT molecular complexity index is 488. The third kappa shape index (κ3) is 2.86. The number of hydrogen-bond donors (Lipinski definition) is 0. The van der Waals surface area contributed by atoms with Gasteiger partial charge in [0.2, 0.25) is 5.91 Å². The minimum Gasteiger partial charge on any atom is -0.330 e. The summed E-state index contributed by atoms with van der Waals surface area (Å²) in [5.74, 6) is 0.206. The standard InChI is InChI=1S/C16H21NO2/c1-12-6-8-13(9-7-12)11-15(19)17-10-4-5-14(18)16(17,2)3/h6-9H,4-5,10-11H2,1-3H3. The average molecular weight is 259 g/mol. The van der Waals surface area contributed by atoms with Gasteiger partial charge in [0.15, 0.2) is 5.78 Å². The fourth-order valence-corrected chi connectivity index (χ4v) is 2.55. The van der Waals surface area contributed by atoms with Crippen molar-refractivity contribution in [2.45, 2.75) is 45.6 Å². The summed E-state index contributed by atoms with van der Waals surface area (Å²) in [6, 6.07) is 7.97. The molecule has 0 aromatic heterocycles. The Morgan fingerprint density at radius 3 is 2.53 bits per heavy atom. The number of amides is 1. The Kier molecular flexibility index (Phi) is 3.74. The number of rotatable bonds is 2. The van der Waals surface area contributed by atoms with Crippen LogP contribution in [0.15, 0.2) is 24.3 Å². The smallest absolute Gasteiger partial charge is 0.227 e. The van der Waals surface area contributed by atoms with Crippen LogP contribution in [-0.4, -0.2) is 28.7 Å². The molecule has 0 spiro atoms. The van der Waals surface area contributed by atoms with E-state index in [2.05, 4.69) is 0 Å². The highest BCUT2D eigenvalue weighted by molar-refractivity contribution is 5.93. The third-order valence-corrected chi connectivity index (χ3v) is 3.92. The highest BCUT2D eigenvalue weighted by Crippen LogP contribution is 2.25. The largest absolute Gasteiger partial charge is 0.330 e. The van der Waals surface area contributed by atoms with Crippen LogP contribution in [0.25, 0.3) is 0 Å². The molecule has 0 unspecified atom stereocenters. The topological polar surface area (TPSA) is 37.4 Å². The third-order valence-electron chi connectivity index (χ3n) is 3.92. The molecular weight excluding hydrogens is 238 g/mol. The van der Waals surface area contributed by atoms with Crippen molar-refractivity contribution >= 4 is 11.7 Å². The van der Waals surface area contributed by atoms with E-state index in [4.69, 9.17) is 0 Å². The number of nitrogens with zero attached hydrogens (tertiary/aromatic N) is 1. The first kappa shape index (κ1) is 13.8. The number of ketones is 1. The lowest BCUT2D eigenvalue weighted by Gasteiger charge is -2.41. The highest BCUT2D eigenvalue weighted by Gasteiger charge is 2.39. The van der Waals surface area contributed by atoms with E-state index < -0.39 is 5.54 Å². The van der Waals surface area contributed by atoms with Crippen molar-refractivity contribution in [3.8, 4) is 0 Å². The first-order chi connectivity index (χ1) is 8.91. The number of likely N-dealkylation sites (tertiary alicyclic amines) is 1. The van der Waals surface area contributed by atoms with Crippen LogP contribution in [0.4, 0.5) is 0 Å². The summed E-state index contributed by atoms with van der Waals surface area (Å²) < 4.78 is 0. The minimum absolute atomic E-state index is 0.0434. The van der Waals surface area contributed by atoms with Crippen LogP contribution >= 0.6 is 0 Å². The van der Waals surface area contributed by atoms with E-state index in [0.717, 1.165) is 12.0 Å². The van der Waals surface area contributed by atoms with Gasteiger partial charge in [-0.2, -0.15) is 0 Å². The van der Waals surface area contributed by atoms with Crippen LogP contribution in [0.2, 0.25) is 0 Å². The predicted molar refractivity (Wildman–Crippen MR) is 74.9 cm³/mol. The normalized spacial score (nSPS) is 18.5. The van der Waals surface area contributed by atoms with Crippen molar-refractivity contribution in [2.24, 2.45) is 0 Å². The van der Waals surface area contributed by atoms with Gasteiger partial charge >= 0.3 is 0 Å². The molecule has 0 N–H and O–H groups in total. The summed E-state index contributed by atoms with van der Waals surface area (Å²) in [6.45, 7) is 6.41. The molecule has 102 valence electrons. The second-order valence-corrected chi connectivity index (χ2v) is 5.79. The summed E-state index contributed by atoms with van der Waals surface area (Å²) in [5, 5.41) is 0. The van der Waals surface area contributed by atoms with E-state index in [1.165, 1.54) is 5.56 Å². The van der Waals surface area contributed by atoms with Gasteiger partial charge in [-0.1, -0.05) is 29.8 Å². The highest BCUT2D eigenvalue weighted by atomic mass is 16.2. The van der Waals surface area contributed by atoms with E-state index in [9.17, 15) is 9.59 Å². The summed E-state index contributed by atoms with van der Waals surface area (Å²) >= 11 is 0. The van der Waals surface area contributed by atoms with Gasteiger partial charge in [0.25, 0.3) is 0 Å². The zero-order valence-electron chi connectivity index (χ0n) is 11.9. The van der Waals surface area contributed by atoms with Crippen LogP contribution in [0.1, 0.15) is 37.8 Å². The van der Waals surface area contributed by atoms with Gasteiger partial charge in [-0.15, -0.1) is 0 Å². The molecule has 0 aliphatic carbocycles. The van der Waals surface area contributed by atoms with Gasteiger partial charge in [-0.25, -0.2) is 0 Å². The lowest BCUT2D eigenvalue weighted by Crippen LogP contribution is -2.56. The molecule has 0 atom stereocenters. The molecule has 0 saturated carbocycles. The van der Waals surface area contributed by atoms with Gasteiger partial charge in [0.1, 0.15) is 0 Å². The number of Topliss-reactive ketones (excluding diaryl/α,β-unsaturated/α-hetero) is 1. The molecule has 3 heteroatoms. The van der Waals surface area contributed by atoms with Crippen LogP contribution in [0.3, 0.4) is 0 Å². The fraction of sp³-hybridized carbons (Fsp3) is 0.500. The van der Waals surface area contributed by atoms with Gasteiger partial charge in [0, 0.05) is 13.0 Å². The monoisotopic (exact) mass is 259 g/mol. The molecule has 1 saturated heterocycles. The first-order valence-electron chi connectivity index (χ1n) is 6.80. The summed E-state index contributed by atoms with van der Waals surface area (Å²) in [7, 11) is 0. The molecule has 1 heterocycles. The van der Waals surface area contributed by atoms with Crippen molar-refractivity contribution in [3.63, 3.8) is 0 Å². The lowest BCUT2D eigenvalue weighted by molar-refractivity contribution is -0.147. The average Bonchev–Trinajstić information content (AvgIpc) is 2.35. The maximum Gasteiger partial charge on any atom is 0.227 e. The predicted octanol–water partition coefficient (Wildman–Crippen LogP) is 2.51. The second-order valence-electron chi connectivity index (χ2n) is 5.79. The second kappa shape index (κ2) is 5.16. The Balaban J connectivity index is 2.11. The molecule has 1 aromatic rings. The van der Waals surface area contributed by atoms with Crippen molar-refractivity contribution < 1.29 is 9.59 Å². The molecule has 1 fully saturated rings. The van der Waals surface area contributed by atoms with E-state index >= 15 is 0 Å². The summed E-state index contributed by atoms with van der Waals surface area (Å²) in [6.07, 6.45) is 1.74. The zero-order chi connectivity index (χ0) is 14.0. The number of carbonyl (C=O) groups excluding carboxylic acids is 2. The maximum atomic E-state index is 12.4. The maximum absolute atomic E-state index is 12.4. The van der Waals surface area contributed by atoms with Crippen LogP contribution < -0.4 is 0 Å². The molecule has 1 amide bonds. The van der Waals surface area contributed by atoms with Gasteiger partial charge in [-0.3, -0.25) is 9.59 Å². The molecule has 19 heavy (non-hydrogen) atoms. The SMILES string of the molecule is Cc1ccc(CC(=O)N2CCCC(=O)C2(C)C)cc1. The van der Waals surface area contributed by atoms with Gasteiger partial charge in [-0.05, 0) is 32.8 Å². The quantitative estimate of drug-likeness (QED) is 0.818. The molecule has 2 rings (SSSR count). The van der Waals surface area contributed by atoms with Gasteiger partial charge in [0.05, 0.1) is 12.0 Å². The molecule has 0 radical (unpaired) electrons. The van der Waals surface area contributed by atoms with E-state index in [1.807, 2.05) is 45.0 Å². The van der Waals surface area contributed by atoms with E-state index in [1.54, 1.807) is 4.90 Å². The lowest BCUT2D eigenvalue weighted by atomic mass is 9.88. The summed E-state index contributed by atoms with van der Waals surface area (Å²) in [4.78, 5) is 26.1. The van der Waals surface area contributed by atoms with E-state index in [-0.39, 0.29) is 11.7 Å². The number of aryl methyl sites for hydroxylation is 1. The summed E-state index contributed by atoms with van der Waals surface area (Å²) in [5.41, 5.74) is 1.54. The molecule has 0 bridgehead atoms. The van der Waals surface area contributed by atoms with Crippen molar-refractivity contribution in [2.75, 3.05) is 6.54 Å². The number of benzene rings is 1. The number of piperidine rings is 1. The van der Waals surface area contributed by atoms with Crippen LogP contribution in [0, 0.1) is 6.92 Å². The Morgan fingerprint density at radius 2 is 1.89 bits per heavy atom. The van der Waals surface area contributed by atoms with E-state index in [0.29, 0.717) is 19.4 Å². The fourth-order valence-electron chi connectivity index (χ4n) is 2.55. The zero-order valence-corrected chi connectivity index (χ0v) is 11.9. The first-order valence-corrected chi connectivity index (χ1v) is 6.80. The molecule has 1 aliphatic heterocycles.